The Labute approximate surface area is 169 Å². The Hall–Kier alpha value is -2.35. The highest BCUT2D eigenvalue weighted by Gasteiger charge is 2.28. The third-order valence-electron chi connectivity index (χ3n) is 5.48. The number of benzene rings is 1. The van der Waals surface area contributed by atoms with E-state index in [1.165, 1.54) is 17.3 Å². The zero-order chi connectivity index (χ0) is 19.8. The van der Waals surface area contributed by atoms with Gasteiger partial charge in [0.15, 0.2) is 5.82 Å². The van der Waals surface area contributed by atoms with Gasteiger partial charge in [-0.3, -0.25) is 0 Å². The predicted molar refractivity (Wildman–Crippen MR) is 101 cm³/mol. The molecule has 3 heterocycles. The lowest BCUT2D eigenvalue weighted by molar-refractivity contribution is -1.62. The average molecular weight is 444 g/mol. The van der Waals surface area contributed by atoms with Gasteiger partial charge in [-0.2, -0.15) is 0 Å². The molecule has 0 saturated heterocycles. The Morgan fingerprint density at radius 3 is 2.71 bits per heavy atom. The third-order valence-corrected chi connectivity index (χ3v) is 6.09. The molecule has 0 radical (unpaired) electrons. The SMILES string of the molecule is C=CCn1c(C)c(C)c2c(O[Br+2]([O-])[O-])cnc(N3CCc4ccccc4C3)c21. The third kappa shape index (κ3) is 3.19. The van der Waals surface area contributed by atoms with Crippen molar-refractivity contribution in [2.45, 2.75) is 33.4 Å². The van der Waals surface area contributed by atoms with Gasteiger partial charge in [-0.05, 0) is 37.0 Å². The highest BCUT2D eigenvalue weighted by Crippen LogP contribution is 2.39. The first kappa shape index (κ1) is 19.0. The summed E-state index contributed by atoms with van der Waals surface area (Å²) in [6, 6.07) is 8.46. The van der Waals surface area contributed by atoms with Crippen LogP contribution in [0.3, 0.4) is 0 Å². The standard InChI is InChI=1S/C21H22BrN3O3/c1-4-10-25-15(3)14(2)19-18(28-22(26)27)12-23-21(20(19)25)24-11-9-16-7-5-6-8-17(16)13-24/h4-8,12H,1,9-11,13H2,2-3H3. The van der Waals surface area contributed by atoms with Crippen molar-refractivity contribution in [1.82, 2.24) is 9.55 Å². The van der Waals surface area contributed by atoms with Crippen molar-refractivity contribution in [3.63, 3.8) is 0 Å². The van der Waals surface area contributed by atoms with Gasteiger partial charge in [0.1, 0.15) is 0 Å². The summed E-state index contributed by atoms with van der Waals surface area (Å²) in [4.78, 5) is 6.90. The molecule has 0 bridgehead atoms. The lowest BCUT2D eigenvalue weighted by atomic mass is 10.00. The maximum Gasteiger partial charge on any atom is 0.501 e. The summed E-state index contributed by atoms with van der Waals surface area (Å²) < 4.78 is 29.8. The van der Waals surface area contributed by atoms with Crippen molar-refractivity contribution < 1.29 is 27.0 Å². The van der Waals surface area contributed by atoms with Gasteiger partial charge in [-0.1, -0.05) is 30.3 Å². The van der Waals surface area contributed by atoms with Crippen molar-refractivity contribution in [1.29, 1.82) is 0 Å². The van der Waals surface area contributed by atoms with Crippen LogP contribution in [0.1, 0.15) is 22.4 Å². The van der Waals surface area contributed by atoms with Gasteiger partial charge in [0, 0.05) is 25.3 Å². The molecule has 0 unspecified atom stereocenters. The molecular formula is C21H22BrN3O3. The Kier molecular flexibility index (Phi) is 5.14. The molecule has 2 aromatic heterocycles. The highest BCUT2D eigenvalue weighted by molar-refractivity contribution is 5.98. The Balaban J connectivity index is 1.89. The van der Waals surface area contributed by atoms with Crippen LogP contribution < -0.4 is 17.1 Å². The highest BCUT2D eigenvalue weighted by atomic mass is 80.0. The fourth-order valence-electron chi connectivity index (χ4n) is 4.03. The quantitative estimate of drug-likeness (QED) is 0.562. The molecule has 0 fully saturated rings. The molecule has 1 aliphatic rings. The molecule has 1 aromatic carbocycles. The lowest BCUT2D eigenvalue weighted by Gasteiger charge is -2.30. The molecule has 7 heteroatoms. The number of rotatable bonds is 5. The van der Waals surface area contributed by atoms with Crippen LogP contribution in [-0.2, 0) is 19.5 Å². The summed E-state index contributed by atoms with van der Waals surface area (Å²) in [5.41, 5.74) is 5.61. The summed E-state index contributed by atoms with van der Waals surface area (Å²) in [6.45, 7) is 10.1. The molecule has 0 atom stereocenters. The van der Waals surface area contributed by atoms with E-state index < -0.39 is 14.8 Å². The number of halogens is 1. The summed E-state index contributed by atoms with van der Waals surface area (Å²) in [5, 5.41) is 0.804. The molecule has 6 nitrogen and oxygen atoms in total. The number of aromatic nitrogens is 2. The largest absolute Gasteiger partial charge is 0.501 e. The van der Waals surface area contributed by atoms with E-state index in [1.807, 2.05) is 19.9 Å². The Bertz CT molecular complexity index is 1050. The monoisotopic (exact) mass is 443 g/mol. The van der Waals surface area contributed by atoms with Gasteiger partial charge in [-0.25, -0.2) is 4.98 Å². The van der Waals surface area contributed by atoms with Crippen LogP contribution in [-0.4, -0.2) is 16.1 Å². The van der Waals surface area contributed by atoms with E-state index in [1.54, 1.807) is 0 Å². The molecule has 4 rings (SSSR count). The lowest BCUT2D eigenvalue weighted by Crippen LogP contribution is -2.37. The minimum atomic E-state index is -3.39. The smallest absolute Gasteiger partial charge is 0.361 e. The zero-order valence-electron chi connectivity index (χ0n) is 15.9. The molecule has 0 amide bonds. The van der Waals surface area contributed by atoms with E-state index in [4.69, 9.17) is 3.83 Å². The second-order valence-corrected chi connectivity index (χ2v) is 8.10. The maximum absolute atomic E-state index is 11.3. The van der Waals surface area contributed by atoms with E-state index in [9.17, 15) is 8.40 Å². The Morgan fingerprint density at radius 1 is 1.25 bits per heavy atom. The molecule has 146 valence electrons. The average Bonchev–Trinajstić information content (AvgIpc) is 2.94. The van der Waals surface area contributed by atoms with E-state index in [2.05, 4.69) is 45.3 Å². The number of aryl methyl sites for hydroxylation is 1. The van der Waals surface area contributed by atoms with E-state index in [-0.39, 0.29) is 0 Å². The summed E-state index contributed by atoms with van der Waals surface area (Å²) in [5.74, 6) is 1.14. The second-order valence-electron chi connectivity index (χ2n) is 6.99. The van der Waals surface area contributed by atoms with Crippen molar-refractivity contribution in [2.75, 3.05) is 11.4 Å². The normalized spacial score (nSPS) is 13.8. The van der Waals surface area contributed by atoms with Crippen LogP contribution in [0.15, 0.2) is 43.1 Å². The molecule has 0 saturated carbocycles. The minimum absolute atomic E-state index is 0.291. The van der Waals surface area contributed by atoms with Crippen LogP contribution in [0, 0.1) is 28.7 Å². The van der Waals surface area contributed by atoms with Crippen molar-refractivity contribution in [2.24, 2.45) is 0 Å². The van der Waals surface area contributed by atoms with Crippen LogP contribution in [0.2, 0.25) is 0 Å². The van der Waals surface area contributed by atoms with Gasteiger partial charge in [0.2, 0.25) is 0 Å². The van der Waals surface area contributed by atoms with Crippen molar-refractivity contribution in [3.05, 3.63) is 65.5 Å². The first-order valence-corrected chi connectivity index (χ1v) is 11.1. The fourth-order valence-corrected chi connectivity index (χ4v) is 4.56. The summed E-state index contributed by atoms with van der Waals surface area (Å²) in [7, 11) is 0. The van der Waals surface area contributed by atoms with E-state index in [0.29, 0.717) is 12.3 Å². The van der Waals surface area contributed by atoms with Gasteiger partial charge >= 0.3 is 14.8 Å². The first-order chi connectivity index (χ1) is 13.5. The van der Waals surface area contributed by atoms with Gasteiger partial charge in [-0.15, -0.1) is 10.4 Å². The number of anilines is 1. The summed E-state index contributed by atoms with van der Waals surface area (Å²) >= 11 is -3.39. The number of hydrogen-bond acceptors (Lipinski definition) is 5. The molecule has 0 spiro atoms. The van der Waals surface area contributed by atoms with E-state index in [0.717, 1.165) is 47.5 Å². The molecule has 1 aliphatic heterocycles. The minimum Gasteiger partial charge on any atom is -0.361 e. The topological polar surface area (TPSA) is 76.4 Å². The van der Waals surface area contributed by atoms with Crippen LogP contribution in [0.4, 0.5) is 5.82 Å². The van der Waals surface area contributed by atoms with Crippen molar-refractivity contribution >= 4 is 16.7 Å². The number of nitrogens with zero attached hydrogens (tertiary/aromatic N) is 3. The van der Waals surface area contributed by atoms with Crippen LogP contribution in [0.5, 0.6) is 5.75 Å². The summed E-state index contributed by atoms with van der Waals surface area (Å²) in [6.07, 6.45) is 4.32. The molecule has 28 heavy (non-hydrogen) atoms. The number of allylic oxidation sites excluding steroid dienone is 1. The number of fused-ring (bicyclic) bond motifs is 2. The first-order valence-electron chi connectivity index (χ1n) is 9.16. The van der Waals surface area contributed by atoms with Crippen LogP contribution in [0.25, 0.3) is 10.9 Å². The predicted octanol–water partition coefficient (Wildman–Crippen LogP) is 1.87. The van der Waals surface area contributed by atoms with Crippen LogP contribution >= 0.6 is 0 Å². The fraction of sp³-hybridized carbons (Fsp3) is 0.286. The van der Waals surface area contributed by atoms with Gasteiger partial charge in [0.25, 0.3) is 5.75 Å². The molecule has 3 aromatic rings. The zero-order valence-corrected chi connectivity index (χ0v) is 17.5. The molecule has 0 aliphatic carbocycles. The van der Waals surface area contributed by atoms with Gasteiger partial charge in [0.05, 0.1) is 17.1 Å². The van der Waals surface area contributed by atoms with Crippen molar-refractivity contribution in [3.8, 4) is 5.75 Å². The number of hydrogen-bond donors (Lipinski definition) is 0. The molecule has 0 N–H and O–H groups in total. The number of pyridine rings is 1. The van der Waals surface area contributed by atoms with Gasteiger partial charge < -0.3 is 17.9 Å². The Morgan fingerprint density at radius 2 is 2.00 bits per heavy atom. The second kappa shape index (κ2) is 7.58. The molecular weight excluding hydrogens is 422 g/mol. The van der Waals surface area contributed by atoms with E-state index >= 15 is 0 Å². The maximum atomic E-state index is 11.3.